The fraction of sp³-hybridized carbons (Fsp3) is 0.390. The molecule has 69 heavy (non-hydrogen) atoms. The SMILES string of the molecule is CCCCCCCCCCCCOc1ccc(/C=C/c2ccc(C(=O)Oc3cccc(OC(=O)c4ccc(/C=C/c5ccc(OCCCCCCCCCC)c(Cl)c5)cc4)c3C)cc2)cc1[N+](=O)[O-]. The standard InChI is InChI=1S/C59H70ClNO8/c1-4-6-8-10-12-14-15-17-19-21-42-67-57-40-34-49(44-53(57)61(64)65)28-26-47-31-37-51(38-32-47)59(63)69-55-24-22-23-54(45(55)3)68-58(62)50-35-29-46(30-36-50)25-27-48-33-39-56(52(60)43-48)66-41-20-18-16-13-11-9-7-5-2/h22-40,43-44H,4-21,41-42H2,1-3H3/b27-25+,28-26+. The number of carbonyl (C=O) groups is 2. The van der Waals surface area contributed by atoms with Crippen molar-refractivity contribution in [1.29, 1.82) is 0 Å². The average Bonchev–Trinajstić information content (AvgIpc) is 3.36. The highest BCUT2D eigenvalue weighted by atomic mass is 35.5. The second-order valence-corrected chi connectivity index (χ2v) is 18.0. The second-order valence-electron chi connectivity index (χ2n) is 17.6. The first-order valence-electron chi connectivity index (χ1n) is 25.1. The molecule has 0 bridgehead atoms. The molecule has 9 nitrogen and oxygen atoms in total. The number of benzene rings is 5. The van der Waals surface area contributed by atoms with Gasteiger partial charge in [0.1, 0.15) is 17.2 Å². The van der Waals surface area contributed by atoms with E-state index in [0.717, 1.165) is 48.8 Å². The molecule has 0 unspecified atom stereocenters. The van der Waals surface area contributed by atoms with Crippen LogP contribution in [-0.4, -0.2) is 30.1 Å². The monoisotopic (exact) mass is 955 g/mol. The van der Waals surface area contributed by atoms with Gasteiger partial charge in [-0.2, -0.15) is 0 Å². The summed E-state index contributed by atoms with van der Waals surface area (Å²) in [5.74, 6) is 0.357. The number of nitro groups is 1. The molecule has 0 aromatic heterocycles. The van der Waals surface area contributed by atoms with Crippen LogP contribution in [-0.2, 0) is 0 Å². The van der Waals surface area contributed by atoms with E-state index in [-0.39, 0.29) is 22.9 Å². The Morgan fingerprint density at radius 2 is 0.870 bits per heavy atom. The summed E-state index contributed by atoms with van der Waals surface area (Å²) in [5.41, 5.74) is 4.36. The lowest BCUT2D eigenvalue weighted by atomic mass is 10.1. The van der Waals surface area contributed by atoms with Crippen LogP contribution in [0.25, 0.3) is 24.3 Å². The number of esters is 2. The van der Waals surface area contributed by atoms with Gasteiger partial charge in [-0.05, 0) is 96.6 Å². The van der Waals surface area contributed by atoms with Gasteiger partial charge in [-0.25, -0.2) is 9.59 Å². The lowest BCUT2D eigenvalue weighted by Gasteiger charge is -2.12. The van der Waals surface area contributed by atoms with Gasteiger partial charge in [0.15, 0.2) is 5.75 Å². The number of nitrogens with zero attached hydrogens (tertiary/aromatic N) is 1. The van der Waals surface area contributed by atoms with Crippen LogP contribution >= 0.6 is 11.6 Å². The summed E-state index contributed by atoms with van der Waals surface area (Å²) in [5, 5.41) is 12.4. The van der Waals surface area contributed by atoms with Gasteiger partial charge in [0.05, 0.1) is 34.3 Å². The molecular formula is C59H70ClNO8. The Hall–Kier alpha value is -6.19. The molecule has 0 fully saturated rings. The zero-order chi connectivity index (χ0) is 49.1. The lowest BCUT2D eigenvalue weighted by Crippen LogP contribution is -2.12. The molecule has 0 saturated carbocycles. The molecule has 0 radical (unpaired) electrons. The molecule has 0 heterocycles. The van der Waals surface area contributed by atoms with E-state index in [1.165, 1.54) is 89.5 Å². The summed E-state index contributed by atoms with van der Waals surface area (Å²) in [7, 11) is 0. The van der Waals surface area contributed by atoms with Crippen molar-refractivity contribution in [1.82, 2.24) is 0 Å². The molecule has 0 atom stereocenters. The van der Waals surface area contributed by atoms with Crippen LogP contribution in [0.4, 0.5) is 5.69 Å². The second kappa shape index (κ2) is 30.3. The van der Waals surface area contributed by atoms with Gasteiger partial charge in [0.2, 0.25) is 0 Å². The van der Waals surface area contributed by atoms with Crippen LogP contribution in [0.5, 0.6) is 23.0 Å². The summed E-state index contributed by atoms with van der Waals surface area (Å²) in [4.78, 5) is 37.9. The molecule has 5 aromatic carbocycles. The van der Waals surface area contributed by atoms with Crippen molar-refractivity contribution < 1.29 is 33.5 Å². The van der Waals surface area contributed by atoms with Gasteiger partial charge in [-0.15, -0.1) is 0 Å². The van der Waals surface area contributed by atoms with Crippen molar-refractivity contribution in [2.45, 2.75) is 136 Å². The van der Waals surface area contributed by atoms with E-state index in [1.54, 1.807) is 79.7 Å². The first-order chi connectivity index (χ1) is 33.6. The number of unbranched alkanes of at least 4 members (excludes halogenated alkanes) is 16. The van der Waals surface area contributed by atoms with E-state index >= 15 is 0 Å². The third-order valence-electron chi connectivity index (χ3n) is 12.0. The van der Waals surface area contributed by atoms with Crippen molar-refractivity contribution in [3.05, 3.63) is 157 Å². The predicted molar refractivity (Wildman–Crippen MR) is 282 cm³/mol. The Bertz CT molecular complexity index is 2420. The van der Waals surface area contributed by atoms with Crippen molar-refractivity contribution in [2.75, 3.05) is 13.2 Å². The van der Waals surface area contributed by atoms with E-state index in [0.29, 0.717) is 46.2 Å². The summed E-state index contributed by atoms with van der Waals surface area (Å²) in [6.07, 6.45) is 29.5. The zero-order valence-corrected chi connectivity index (χ0v) is 41.6. The van der Waals surface area contributed by atoms with Crippen LogP contribution in [0.15, 0.2) is 103 Å². The van der Waals surface area contributed by atoms with E-state index < -0.39 is 16.9 Å². The fourth-order valence-electron chi connectivity index (χ4n) is 7.81. The number of hydrogen-bond acceptors (Lipinski definition) is 8. The molecule has 5 aromatic rings. The van der Waals surface area contributed by atoms with Gasteiger partial charge in [-0.1, -0.05) is 195 Å². The number of nitro benzene ring substituents is 1. The van der Waals surface area contributed by atoms with Crippen LogP contribution in [0.2, 0.25) is 5.02 Å². The van der Waals surface area contributed by atoms with E-state index in [2.05, 4.69) is 13.8 Å². The molecule has 0 saturated heterocycles. The van der Waals surface area contributed by atoms with Crippen molar-refractivity contribution in [3.63, 3.8) is 0 Å². The fourth-order valence-corrected chi connectivity index (χ4v) is 8.05. The number of ether oxygens (including phenoxy) is 4. The smallest absolute Gasteiger partial charge is 0.343 e. The highest BCUT2D eigenvalue weighted by Crippen LogP contribution is 2.31. The highest BCUT2D eigenvalue weighted by Gasteiger charge is 2.17. The van der Waals surface area contributed by atoms with Crippen LogP contribution in [0.3, 0.4) is 0 Å². The minimum absolute atomic E-state index is 0.0752. The normalized spacial score (nSPS) is 11.3. The third kappa shape index (κ3) is 19.0. The minimum Gasteiger partial charge on any atom is -0.492 e. The Labute approximate surface area is 415 Å². The maximum absolute atomic E-state index is 13.2. The van der Waals surface area contributed by atoms with Gasteiger partial charge in [0.25, 0.3) is 0 Å². The summed E-state index contributed by atoms with van der Waals surface area (Å²) >= 11 is 6.54. The largest absolute Gasteiger partial charge is 0.492 e. The lowest BCUT2D eigenvalue weighted by molar-refractivity contribution is -0.385. The third-order valence-corrected chi connectivity index (χ3v) is 12.3. The zero-order valence-electron chi connectivity index (χ0n) is 40.9. The van der Waals surface area contributed by atoms with Gasteiger partial charge in [0, 0.05) is 11.6 Å². The Morgan fingerprint density at radius 1 is 0.493 bits per heavy atom. The van der Waals surface area contributed by atoms with Gasteiger partial charge >= 0.3 is 17.6 Å². The summed E-state index contributed by atoms with van der Waals surface area (Å²) in [6, 6.07) is 29.5. The molecule has 0 aliphatic rings. The number of rotatable bonds is 31. The first-order valence-corrected chi connectivity index (χ1v) is 25.5. The predicted octanol–water partition coefficient (Wildman–Crippen LogP) is 17.2. The van der Waals surface area contributed by atoms with E-state index in [4.69, 9.17) is 30.5 Å². The maximum atomic E-state index is 13.2. The van der Waals surface area contributed by atoms with Gasteiger partial charge in [-0.3, -0.25) is 10.1 Å². The Balaban J connectivity index is 1.06. The highest BCUT2D eigenvalue weighted by molar-refractivity contribution is 6.32. The molecule has 0 spiro atoms. The first kappa shape index (κ1) is 53.8. The van der Waals surface area contributed by atoms with Crippen molar-refractivity contribution in [2.24, 2.45) is 0 Å². The van der Waals surface area contributed by atoms with Crippen molar-refractivity contribution >= 4 is 53.5 Å². The number of carbonyl (C=O) groups excluding carboxylic acids is 2. The maximum Gasteiger partial charge on any atom is 0.343 e. The quantitative estimate of drug-likeness (QED) is 0.0108. The molecule has 5 rings (SSSR count). The number of hydrogen-bond donors (Lipinski definition) is 0. The Kier molecular flexibility index (Phi) is 23.6. The van der Waals surface area contributed by atoms with E-state index in [9.17, 15) is 19.7 Å². The molecule has 366 valence electrons. The molecule has 10 heteroatoms. The number of halogens is 1. The average molecular weight is 957 g/mol. The van der Waals surface area contributed by atoms with Crippen molar-refractivity contribution in [3.8, 4) is 23.0 Å². The van der Waals surface area contributed by atoms with E-state index in [1.807, 2.05) is 48.6 Å². The summed E-state index contributed by atoms with van der Waals surface area (Å²) < 4.78 is 23.2. The molecule has 0 aliphatic heterocycles. The molecule has 0 amide bonds. The summed E-state index contributed by atoms with van der Waals surface area (Å²) in [6.45, 7) is 7.28. The molecule has 0 N–H and O–H groups in total. The Morgan fingerprint density at radius 3 is 1.30 bits per heavy atom. The van der Waals surface area contributed by atoms with Crippen LogP contribution in [0.1, 0.15) is 178 Å². The van der Waals surface area contributed by atoms with Crippen LogP contribution in [0, 0.1) is 17.0 Å². The minimum atomic E-state index is -0.578. The van der Waals surface area contributed by atoms with Crippen LogP contribution < -0.4 is 18.9 Å². The molecule has 0 aliphatic carbocycles. The topological polar surface area (TPSA) is 114 Å². The van der Waals surface area contributed by atoms with Gasteiger partial charge < -0.3 is 18.9 Å². The molecular weight excluding hydrogens is 886 g/mol.